The van der Waals surface area contributed by atoms with Gasteiger partial charge in [-0.2, -0.15) is 0 Å². The fourth-order valence-corrected chi connectivity index (χ4v) is 6.61. The van der Waals surface area contributed by atoms with Crippen molar-refractivity contribution in [3.8, 4) is 5.75 Å². The van der Waals surface area contributed by atoms with Crippen LogP contribution in [0.25, 0.3) is 10.9 Å². The lowest BCUT2D eigenvalue weighted by atomic mass is 10.1. The number of ether oxygens (including phenoxy) is 1. The number of likely N-dealkylation sites (tertiary alicyclic amines) is 1. The highest BCUT2D eigenvalue weighted by Gasteiger charge is 2.34. The zero-order valence-corrected chi connectivity index (χ0v) is 23.4. The Kier molecular flexibility index (Phi) is 7.03. The van der Waals surface area contributed by atoms with E-state index in [0.717, 1.165) is 112 Å². The molecular formula is C31H39N7O2. The summed E-state index contributed by atoms with van der Waals surface area (Å²) in [5.74, 6) is 1.88. The quantitative estimate of drug-likeness (QED) is 0.511. The number of rotatable bonds is 6. The van der Waals surface area contributed by atoms with Crippen molar-refractivity contribution in [2.45, 2.75) is 44.5 Å². The van der Waals surface area contributed by atoms with E-state index in [2.05, 4.69) is 56.3 Å². The topological polar surface area (TPSA) is 77.1 Å². The van der Waals surface area contributed by atoms with Crippen LogP contribution in [0.4, 0.5) is 5.95 Å². The molecule has 4 aliphatic heterocycles. The summed E-state index contributed by atoms with van der Waals surface area (Å²) in [7, 11) is 2.16. The molecule has 9 nitrogen and oxygen atoms in total. The van der Waals surface area contributed by atoms with E-state index in [0.29, 0.717) is 12.6 Å². The summed E-state index contributed by atoms with van der Waals surface area (Å²) >= 11 is 0. The van der Waals surface area contributed by atoms with Gasteiger partial charge < -0.3 is 24.8 Å². The number of nitrogens with one attached hydrogen (secondary N) is 1. The Morgan fingerprint density at radius 1 is 1.05 bits per heavy atom. The van der Waals surface area contributed by atoms with E-state index in [1.54, 1.807) is 0 Å². The third-order valence-corrected chi connectivity index (χ3v) is 8.98. The lowest BCUT2D eigenvalue weighted by Gasteiger charge is -2.32. The van der Waals surface area contributed by atoms with Crippen molar-refractivity contribution in [3.63, 3.8) is 0 Å². The van der Waals surface area contributed by atoms with Gasteiger partial charge in [0, 0.05) is 82.1 Å². The number of piperazine rings is 1. The number of hydrogen-bond donors (Lipinski definition) is 1. The van der Waals surface area contributed by atoms with Gasteiger partial charge >= 0.3 is 0 Å². The minimum atomic E-state index is 0.156. The van der Waals surface area contributed by atoms with Gasteiger partial charge in [0.05, 0.1) is 5.52 Å². The molecule has 1 amide bonds. The monoisotopic (exact) mass is 541 g/mol. The number of fused-ring (bicyclic) bond motifs is 2. The molecule has 2 aromatic carbocycles. The molecular weight excluding hydrogens is 502 g/mol. The number of piperidine rings is 1. The normalized spacial score (nSPS) is 24.2. The van der Waals surface area contributed by atoms with Crippen molar-refractivity contribution in [1.29, 1.82) is 0 Å². The molecule has 5 heterocycles. The van der Waals surface area contributed by atoms with E-state index >= 15 is 0 Å². The molecule has 7 rings (SSSR count). The van der Waals surface area contributed by atoms with Crippen LogP contribution < -0.4 is 15.0 Å². The largest absolute Gasteiger partial charge is 0.489 e. The molecule has 40 heavy (non-hydrogen) atoms. The molecule has 4 aliphatic rings. The van der Waals surface area contributed by atoms with Crippen molar-refractivity contribution in [1.82, 2.24) is 30.0 Å². The Labute approximate surface area is 236 Å². The van der Waals surface area contributed by atoms with Crippen LogP contribution >= 0.6 is 0 Å². The zero-order chi connectivity index (χ0) is 27.1. The number of anilines is 1. The molecule has 9 heteroatoms. The molecule has 3 fully saturated rings. The van der Waals surface area contributed by atoms with Gasteiger partial charge in [0.15, 0.2) is 0 Å². The number of aromatic nitrogens is 2. The van der Waals surface area contributed by atoms with E-state index in [1.807, 2.05) is 23.2 Å². The average Bonchev–Trinajstić information content (AvgIpc) is 3.56. The van der Waals surface area contributed by atoms with Crippen LogP contribution in [0.3, 0.4) is 0 Å². The molecule has 0 bridgehead atoms. The number of carbonyl (C=O) groups excluding carboxylic acids is 1. The highest BCUT2D eigenvalue weighted by atomic mass is 16.5. The van der Waals surface area contributed by atoms with Crippen LogP contribution in [0.2, 0.25) is 0 Å². The van der Waals surface area contributed by atoms with Gasteiger partial charge in [0.1, 0.15) is 11.9 Å². The van der Waals surface area contributed by atoms with Crippen molar-refractivity contribution >= 4 is 22.8 Å². The number of carbonyl (C=O) groups is 1. The highest BCUT2D eigenvalue weighted by Crippen LogP contribution is 2.31. The summed E-state index contributed by atoms with van der Waals surface area (Å²) in [4.78, 5) is 31.6. The Morgan fingerprint density at radius 3 is 2.80 bits per heavy atom. The Bertz CT molecular complexity index is 1380. The molecule has 0 saturated carbocycles. The van der Waals surface area contributed by atoms with Crippen LogP contribution in [0.1, 0.15) is 40.7 Å². The first-order chi connectivity index (χ1) is 19.6. The van der Waals surface area contributed by atoms with Crippen molar-refractivity contribution in [2.75, 3.05) is 64.3 Å². The molecule has 0 unspecified atom stereocenters. The molecule has 3 saturated heterocycles. The van der Waals surface area contributed by atoms with Crippen LogP contribution in [0, 0.1) is 0 Å². The highest BCUT2D eigenvalue weighted by molar-refractivity contribution is 5.98. The molecule has 0 spiro atoms. The smallest absolute Gasteiger partial charge is 0.254 e. The first-order valence-electron chi connectivity index (χ1n) is 14.8. The molecule has 210 valence electrons. The van der Waals surface area contributed by atoms with Gasteiger partial charge in [-0.3, -0.25) is 9.69 Å². The van der Waals surface area contributed by atoms with Gasteiger partial charge in [0.2, 0.25) is 5.95 Å². The van der Waals surface area contributed by atoms with Gasteiger partial charge in [-0.25, -0.2) is 9.97 Å². The first-order valence-corrected chi connectivity index (χ1v) is 14.8. The summed E-state index contributed by atoms with van der Waals surface area (Å²) in [6, 6.07) is 12.9. The van der Waals surface area contributed by atoms with E-state index in [1.165, 1.54) is 5.56 Å². The third-order valence-electron chi connectivity index (χ3n) is 8.98. The summed E-state index contributed by atoms with van der Waals surface area (Å²) in [5.41, 5.74) is 4.21. The minimum Gasteiger partial charge on any atom is -0.489 e. The Hall–Kier alpha value is -3.27. The number of benzene rings is 2. The maximum Gasteiger partial charge on any atom is 0.254 e. The fourth-order valence-electron chi connectivity index (χ4n) is 6.61. The van der Waals surface area contributed by atoms with Crippen LogP contribution in [-0.2, 0) is 13.1 Å². The van der Waals surface area contributed by atoms with Gasteiger partial charge in [0.25, 0.3) is 5.91 Å². The van der Waals surface area contributed by atoms with Gasteiger partial charge in [-0.1, -0.05) is 6.07 Å². The van der Waals surface area contributed by atoms with Gasteiger partial charge in [-0.05, 0) is 74.3 Å². The standard InChI is InChI=1S/C31H39N7O2/c1-35-11-13-37(14-12-35)31-33-17-23-15-22(4-7-29(23)34-31)19-36-10-8-27(21-36)40-26-5-6-28-24(16-26)20-38(30(28)39)25-3-2-9-32-18-25/h4-7,15-17,25,27,32H,2-3,8-14,18-21H2,1H3/t25-,27-/m0/s1. The second-order valence-electron chi connectivity index (χ2n) is 11.9. The van der Waals surface area contributed by atoms with Crippen molar-refractivity contribution in [2.24, 2.45) is 0 Å². The van der Waals surface area contributed by atoms with E-state index < -0.39 is 0 Å². The molecule has 0 radical (unpaired) electrons. The van der Waals surface area contributed by atoms with E-state index in [9.17, 15) is 4.79 Å². The van der Waals surface area contributed by atoms with Crippen molar-refractivity contribution < 1.29 is 9.53 Å². The summed E-state index contributed by atoms with van der Waals surface area (Å²) < 4.78 is 6.42. The number of nitrogens with zero attached hydrogens (tertiary/aromatic N) is 6. The Morgan fingerprint density at radius 2 is 1.95 bits per heavy atom. The third kappa shape index (κ3) is 5.25. The SMILES string of the molecule is CN1CCN(c2ncc3cc(CN4CC[C@H](Oc5ccc6c(c5)CN([C@H]5CCCNC5)C6=O)C4)ccc3n2)CC1. The van der Waals surface area contributed by atoms with Crippen LogP contribution in [0.15, 0.2) is 42.6 Å². The first kappa shape index (κ1) is 25.7. The zero-order valence-electron chi connectivity index (χ0n) is 23.4. The second-order valence-corrected chi connectivity index (χ2v) is 11.9. The lowest BCUT2D eigenvalue weighted by molar-refractivity contribution is 0.0674. The predicted octanol–water partition coefficient (Wildman–Crippen LogP) is 2.74. The fraction of sp³-hybridized carbons (Fsp3) is 0.516. The summed E-state index contributed by atoms with van der Waals surface area (Å²) in [6.45, 7) is 9.46. The van der Waals surface area contributed by atoms with E-state index in [4.69, 9.17) is 9.72 Å². The van der Waals surface area contributed by atoms with E-state index in [-0.39, 0.29) is 12.0 Å². The maximum absolute atomic E-state index is 13.0. The molecule has 1 aromatic heterocycles. The summed E-state index contributed by atoms with van der Waals surface area (Å²) in [5, 5.41) is 4.52. The summed E-state index contributed by atoms with van der Waals surface area (Å²) in [6.07, 6.45) is 5.34. The number of likely N-dealkylation sites (N-methyl/N-ethyl adjacent to an activating group) is 1. The minimum absolute atomic E-state index is 0.156. The molecule has 1 N–H and O–H groups in total. The van der Waals surface area contributed by atoms with Crippen LogP contribution in [0.5, 0.6) is 5.75 Å². The van der Waals surface area contributed by atoms with Crippen molar-refractivity contribution in [3.05, 3.63) is 59.3 Å². The predicted molar refractivity (Wildman–Crippen MR) is 156 cm³/mol. The average molecular weight is 542 g/mol. The molecule has 0 aliphatic carbocycles. The molecule has 3 aromatic rings. The van der Waals surface area contributed by atoms with Gasteiger partial charge in [-0.15, -0.1) is 0 Å². The maximum atomic E-state index is 13.0. The second kappa shape index (κ2) is 11.0. The van der Waals surface area contributed by atoms with Crippen LogP contribution in [-0.4, -0.2) is 102 Å². The lowest BCUT2D eigenvalue weighted by Crippen LogP contribution is -2.46. The number of hydrogen-bond acceptors (Lipinski definition) is 8. The molecule has 2 atom stereocenters. The number of amides is 1. The Balaban J connectivity index is 0.952.